The van der Waals surface area contributed by atoms with Crippen molar-refractivity contribution in [2.24, 2.45) is 0 Å². The molecule has 0 aliphatic rings. The zero-order valence-electron chi connectivity index (χ0n) is 9.46. The fraction of sp³-hybridized carbons (Fsp3) is 0.364. The van der Waals surface area contributed by atoms with Crippen molar-refractivity contribution in [3.8, 4) is 0 Å². The van der Waals surface area contributed by atoms with E-state index in [0.29, 0.717) is 12.1 Å². The van der Waals surface area contributed by atoms with Crippen LogP contribution in [0.4, 0.5) is 18.9 Å². The minimum atomic E-state index is -4.45. The molecular weight excluding hydrogens is 269 g/mol. The number of anilines is 1. The maximum absolute atomic E-state index is 11.8. The van der Waals surface area contributed by atoms with Crippen LogP contribution in [-0.4, -0.2) is 18.6 Å². The van der Waals surface area contributed by atoms with Gasteiger partial charge in [0.1, 0.15) is 6.42 Å². The summed E-state index contributed by atoms with van der Waals surface area (Å²) < 4.78 is 35.5. The molecule has 7 heteroatoms. The van der Waals surface area contributed by atoms with Gasteiger partial charge in [0.25, 0.3) is 0 Å². The lowest BCUT2D eigenvalue weighted by Gasteiger charge is -2.07. The van der Waals surface area contributed by atoms with E-state index in [-0.39, 0.29) is 19.0 Å². The Kier molecular flexibility index (Phi) is 6.54. The van der Waals surface area contributed by atoms with Crippen molar-refractivity contribution >= 4 is 24.0 Å². The van der Waals surface area contributed by atoms with Gasteiger partial charge in [-0.1, -0.05) is 12.1 Å². The van der Waals surface area contributed by atoms with Gasteiger partial charge in [-0.3, -0.25) is 4.79 Å². The number of rotatable bonds is 4. The number of alkyl halides is 3. The Morgan fingerprint density at radius 3 is 2.28 bits per heavy atom. The third-order valence-corrected chi connectivity index (χ3v) is 2.08. The first-order valence-electron chi connectivity index (χ1n) is 5.05. The molecule has 3 N–H and O–H groups in total. The Labute approximate surface area is 109 Å². The van der Waals surface area contributed by atoms with E-state index in [1.165, 1.54) is 0 Å². The number of carbonyl (C=O) groups is 1. The molecule has 18 heavy (non-hydrogen) atoms. The molecule has 0 aromatic heterocycles. The second-order valence-corrected chi connectivity index (χ2v) is 3.63. The summed E-state index contributed by atoms with van der Waals surface area (Å²) in [7, 11) is 0. The van der Waals surface area contributed by atoms with Crippen LogP contribution in [0, 0.1) is 0 Å². The fourth-order valence-corrected chi connectivity index (χ4v) is 1.28. The summed E-state index contributed by atoms with van der Waals surface area (Å²) in [5.41, 5.74) is 7.01. The molecule has 1 rings (SSSR count). The van der Waals surface area contributed by atoms with E-state index in [0.717, 1.165) is 5.56 Å². The predicted octanol–water partition coefficient (Wildman–Crippen LogP) is 2.30. The van der Waals surface area contributed by atoms with E-state index in [2.05, 4.69) is 5.32 Å². The maximum atomic E-state index is 11.8. The normalized spacial score (nSPS) is 10.6. The number of benzene rings is 1. The Balaban J connectivity index is 0.00000289. The molecule has 0 saturated heterocycles. The SMILES string of the molecule is Cl.Nc1ccc(CCNC(=O)CC(F)(F)F)cc1. The molecule has 0 atom stereocenters. The molecular formula is C11H14ClF3N2O. The van der Waals surface area contributed by atoms with Gasteiger partial charge in [-0.15, -0.1) is 12.4 Å². The summed E-state index contributed by atoms with van der Waals surface area (Å²) in [4.78, 5) is 10.9. The fourth-order valence-electron chi connectivity index (χ4n) is 1.28. The number of nitrogen functional groups attached to an aromatic ring is 1. The Hall–Kier alpha value is -1.43. The number of nitrogens with two attached hydrogens (primary N) is 1. The Morgan fingerprint density at radius 1 is 1.22 bits per heavy atom. The summed E-state index contributed by atoms with van der Waals surface area (Å²) in [6, 6.07) is 6.94. The Bertz CT molecular complexity index is 379. The number of hydrogen-bond donors (Lipinski definition) is 2. The van der Waals surface area contributed by atoms with Crippen LogP contribution in [-0.2, 0) is 11.2 Å². The molecule has 0 bridgehead atoms. The summed E-state index contributed by atoms with van der Waals surface area (Å²) in [5.74, 6) is -1.01. The molecule has 0 radical (unpaired) electrons. The first-order chi connectivity index (χ1) is 7.87. The molecule has 0 aliphatic heterocycles. The molecule has 0 heterocycles. The zero-order chi connectivity index (χ0) is 12.9. The molecule has 0 fully saturated rings. The van der Waals surface area contributed by atoms with Crippen molar-refractivity contribution in [1.82, 2.24) is 5.32 Å². The topological polar surface area (TPSA) is 55.1 Å². The quantitative estimate of drug-likeness (QED) is 0.833. The highest BCUT2D eigenvalue weighted by Crippen LogP contribution is 2.18. The highest BCUT2D eigenvalue weighted by Gasteiger charge is 2.30. The maximum Gasteiger partial charge on any atom is 0.397 e. The molecule has 3 nitrogen and oxygen atoms in total. The van der Waals surface area contributed by atoms with Crippen molar-refractivity contribution < 1.29 is 18.0 Å². The average molecular weight is 283 g/mol. The first kappa shape index (κ1) is 16.6. The number of amides is 1. The van der Waals surface area contributed by atoms with Crippen LogP contribution in [0.1, 0.15) is 12.0 Å². The minimum Gasteiger partial charge on any atom is -0.399 e. The van der Waals surface area contributed by atoms with Crippen molar-refractivity contribution in [3.05, 3.63) is 29.8 Å². The van der Waals surface area contributed by atoms with Crippen molar-refractivity contribution in [2.75, 3.05) is 12.3 Å². The molecule has 0 unspecified atom stereocenters. The van der Waals surface area contributed by atoms with Crippen molar-refractivity contribution in [1.29, 1.82) is 0 Å². The van der Waals surface area contributed by atoms with E-state index in [1.807, 2.05) is 0 Å². The van der Waals surface area contributed by atoms with Gasteiger partial charge < -0.3 is 11.1 Å². The van der Waals surface area contributed by atoms with Crippen LogP contribution in [0.5, 0.6) is 0 Å². The summed E-state index contributed by atoms with van der Waals surface area (Å²) in [5, 5.41) is 2.21. The van der Waals surface area contributed by atoms with Crippen LogP contribution in [0.25, 0.3) is 0 Å². The van der Waals surface area contributed by atoms with Crippen LogP contribution < -0.4 is 11.1 Å². The average Bonchev–Trinajstić information content (AvgIpc) is 2.18. The third-order valence-electron chi connectivity index (χ3n) is 2.08. The second kappa shape index (κ2) is 7.10. The van der Waals surface area contributed by atoms with Gasteiger partial charge >= 0.3 is 6.18 Å². The number of hydrogen-bond acceptors (Lipinski definition) is 2. The van der Waals surface area contributed by atoms with Gasteiger partial charge in [-0.05, 0) is 24.1 Å². The van der Waals surface area contributed by atoms with Crippen molar-refractivity contribution in [3.63, 3.8) is 0 Å². The summed E-state index contributed by atoms with van der Waals surface area (Å²) in [6.07, 6.45) is -5.41. The van der Waals surface area contributed by atoms with Crippen LogP contribution >= 0.6 is 12.4 Å². The predicted molar refractivity (Wildman–Crippen MR) is 65.5 cm³/mol. The number of halogens is 4. The van der Waals surface area contributed by atoms with Gasteiger partial charge in [0.05, 0.1) is 0 Å². The lowest BCUT2D eigenvalue weighted by atomic mass is 10.1. The molecule has 0 saturated carbocycles. The molecule has 1 amide bonds. The van der Waals surface area contributed by atoms with E-state index in [4.69, 9.17) is 5.73 Å². The highest BCUT2D eigenvalue weighted by atomic mass is 35.5. The lowest BCUT2D eigenvalue weighted by molar-refractivity contribution is -0.153. The zero-order valence-corrected chi connectivity index (χ0v) is 10.3. The van der Waals surface area contributed by atoms with Crippen LogP contribution in [0.2, 0.25) is 0 Å². The Morgan fingerprint density at radius 2 is 1.78 bits per heavy atom. The monoisotopic (exact) mass is 282 g/mol. The van der Waals surface area contributed by atoms with E-state index in [9.17, 15) is 18.0 Å². The number of carbonyl (C=O) groups excluding carboxylic acids is 1. The van der Waals surface area contributed by atoms with Crippen LogP contribution in [0.15, 0.2) is 24.3 Å². The van der Waals surface area contributed by atoms with Gasteiger partial charge in [0.15, 0.2) is 0 Å². The van der Waals surface area contributed by atoms with Gasteiger partial charge in [0, 0.05) is 12.2 Å². The third kappa shape index (κ3) is 7.01. The second-order valence-electron chi connectivity index (χ2n) is 3.63. The van der Waals surface area contributed by atoms with Gasteiger partial charge in [-0.25, -0.2) is 0 Å². The van der Waals surface area contributed by atoms with Crippen LogP contribution in [0.3, 0.4) is 0 Å². The van der Waals surface area contributed by atoms with E-state index in [1.54, 1.807) is 24.3 Å². The lowest BCUT2D eigenvalue weighted by Crippen LogP contribution is -2.30. The molecule has 102 valence electrons. The summed E-state index contributed by atoms with van der Waals surface area (Å²) in [6.45, 7) is 0.179. The number of nitrogens with one attached hydrogen (secondary N) is 1. The molecule has 1 aromatic carbocycles. The van der Waals surface area contributed by atoms with E-state index < -0.39 is 18.5 Å². The first-order valence-corrected chi connectivity index (χ1v) is 5.05. The standard InChI is InChI=1S/C11H13F3N2O.ClH/c12-11(13,14)7-10(17)16-6-5-8-1-3-9(15)4-2-8;/h1-4H,5-7,15H2,(H,16,17);1H. The van der Waals surface area contributed by atoms with Gasteiger partial charge in [0.2, 0.25) is 5.91 Å². The van der Waals surface area contributed by atoms with E-state index >= 15 is 0 Å². The highest BCUT2D eigenvalue weighted by molar-refractivity contribution is 5.85. The van der Waals surface area contributed by atoms with Gasteiger partial charge in [-0.2, -0.15) is 13.2 Å². The summed E-state index contributed by atoms with van der Waals surface area (Å²) >= 11 is 0. The molecule has 0 aliphatic carbocycles. The minimum absolute atomic E-state index is 0. The molecule has 1 aromatic rings. The van der Waals surface area contributed by atoms with Crippen molar-refractivity contribution in [2.45, 2.75) is 19.0 Å². The molecule has 0 spiro atoms. The largest absolute Gasteiger partial charge is 0.399 e. The smallest absolute Gasteiger partial charge is 0.397 e.